The number of carbonyl (C=O) groups excluding carboxylic acids is 1. The third-order valence-corrected chi connectivity index (χ3v) is 4.69. The number of ether oxygens (including phenoxy) is 2. The van der Waals surface area contributed by atoms with Crippen molar-refractivity contribution in [3.8, 4) is 11.5 Å². The Kier molecular flexibility index (Phi) is 3.87. The van der Waals surface area contributed by atoms with Gasteiger partial charge in [-0.1, -0.05) is 12.1 Å². The van der Waals surface area contributed by atoms with Gasteiger partial charge in [0.1, 0.15) is 11.4 Å². The molecule has 26 heavy (non-hydrogen) atoms. The topological polar surface area (TPSA) is 93.9 Å². The zero-order valence-electron chi connectivity index (χ0n) is 14.2. The molecule has 4 rings (SSSR count). The quantitative estimate of drug-likeness (QED) is 0.671. The number of carbonyl (C=O) groups is 1. The molecule has 8 heteroatoms. The largest absolute Gasteiger partial charge is 0.496 e. The van der Waals surface area contributed by atoms with Gasteiger partial charge in [-0.25, -0.2) is 0 Å². The van der Waals surface area contributed by atoms with Crippen LogP contribution in [-0.2, 0) is 17.8 Å². The van der Waals surface area contributed by atoms with Crippen LogP contribution in [0.3, 0.4) is 0 Å². The molecule has 0 bridgehead atoms. The van der Waals surface area contributed by atoms with E-state index < -0.39 is 4.92 Å². The van der Waals surface area contributed by atoms with E-state index >= 15 is 0 Å². The second kappa shape index (κ2) is 6.21. The molecular formula is C18H17N3O5. The molecule has 0 fully saturated rings. The van der Waals surface area contributed by atoms with Crippen molar-refractivity contribution in [1.82, 2.24) is 0 Å². The molecule has 1 N–H and O–H groups in total. The zero-order chi connectivity index (χ0) is 18.3. The number of hydrogen-bond acceptors (Lipinski definition) is 6. The van der Waals surface area contributed by atoms with Crippen LogP contribution in [0.4, 0.5) is 17.1 Å². The number of fused-ring (bicyclic) bond motifs is 2. The Labute approximate surface area is 149 Å². The average molecular weight is 355 g/mol. The normalized spacial score (nSPS) is 15.4. The van der Waals surface area contributed by atoms with Gasteiger partial charge in [-0.2, -0.15) is 0 Å². The first-order valence-electron chi connectivity index (χ1n) is 8.21. The predicted molar refractivity (Wildman–Crippen MR) is 95.0 cm³/mol. The Bertz CT molecular complexity index is 912. The lowest BCUT2D eigenvalue weighted by Crippen LogP contribution is -2.32. The van der Waals surface area contributed by atoms with Gasteiger partial charge in [-0.15, -0.1) is 0 Å². The number of methoxy groups -OCH3 is 1. The third kappa shape index (κ3) is 2.69. The van der Waals surface area contributed by atoms with Crippen LogP contribution < -0.4 is 19.7 Å². The summed E-state index contributed by atoms with van der Waals surface area (Å²) in [6.45, 7) is 1.00. The number of anilines is 2. The molecule has 0 radical (unpaired) electrons. The molecule has 2 aromatic carbocycles. The first-order chi connectivity index (χ1) is 12.6. The number of hydrogen-bond donors (Lipinski definition) is 1. The van der Waals surface area contributed by atoms with Crippen molar-refractivity contribution in [2.24, 2.45) is 0 Å². The maximum atomic E-state index is 11.6. The Morgan fingerprint density at radius 1 is 1.35 bits per heavy atom. The van der Waals surface area contributed by atoms with Crippen molar-refractivity contribution in [2.45, 2.75) is 13.0 Å². The fourth-order valence-corrected chi connectivity index (χ4v) is 3.48. The minimum absolute atomic E-state index is 0.0359. The lowest BCUT2D eigenvalue weighted by Gasteiger charge is -2.32. The van der Waals surface area contributed by atoms with Gasteiger partial charge in [-0.3, -0.25) is 14.9 Å². The highest BCUT2D eigenvalue weighted by Crippen LogP contribution is 2.41. The number of amides is 1. The van der Waals surface area contributed by atoms with E-state index in [0.717, 1.165) is 23.3 Å². The summed E-state index contributed by atoms with van der Waals surface area (Å²) in [5.41, 5.74) is 3.09. The van der Waals surface area contributed by atoms with E-state index in [4.69, 9.17) is 9.47 Å². The molecular weight excluding hydrogens is 338 g/mol. The lowest BCUT2D eigenvalue weighted by atomic mass is 9.98. The van der Waals surface area contributed by atoms with Gasteiger partial charge in [-0.05, 0) is 24.1 Å². The van der Waals surface area contributed by atoms with Gasteiger partial charge in [0.2, 0.25) is 0 Å². The highest BCUT2D eigenvalue weighted by atomic mass is 16.6. The number of nitro groups is 1. The molecule has 2 heterocycles. The van der Waals surface area contributed by atoms with Crippen LogP contribution in [0.1, 0.15) is 11.1 Å². The molecule has 0 saturated heterocycles. The van der Waals surface area contributed by atoms with E-state index in [-0.39, 0.29) is 18.2 Å². The van der Waals surface area contributed by atoms with Crippen molar-refractivity contribution >= 4 is 23.0 Å². The van der Waals surface area contributed by atoms with Gasteiger partial charge in [0.05, 0.1) is 23.8 Å². The number of nitrogens with zero attached hydrogens (tertiary/aromatic N) is 2. The first-order valence-corrected chi connectivity index (χ1v) is 8.21. The SMILES string of the molecule is COc1cccc2c1CCN(c1cc3c(cc1[N+](=O)[O-])OCC(=O)N3)C2. The summed E-state index contributed by atoms with van der Waals surface area (Å²) in [5, 5.41) is 14.3. The molecule has 2 aliphatic rings. The van der Waals surface area contributed by atoms with Gasteiger partial charge in [0, 0.05) is 18.7 Å². The van der Waals surface area contributed by atoms with Crippen molar-refractivity contribution in [3.05, 3.63) is 51.6 Å². The Balaban J connectivity index is 1.74. The Morgan fingerprint density at radius 3 is 2.96 bits per heavy atom. The third-order valence-electron chi connectivity index (χ3n) is 4.69. The molecule has 0 spiro atoms. The number of benzene rings is 2. The summed E-state index contributed by atoms with van der Waals surface area (Å²) in [5.74, 6) is 0.882. The predicted octanol–water partition coefficient (Wildman–Crippen LogP) is 2.50. The smallest absolute Gasteiger partial charge is 0.296 e. The summed E-state index contributed by atoms with van der Waals surface area (Å²) in [4.78, 5) is 24.7. The second-order valence-corrected chi connectivity index (χ2v) is 6.20. The van der Waals surface area contributed by atoms with E-state index in [1.54, 1.807) is 13.2 Å². The van der Waals surface area contributed by atoms with Crippen molar-refractivity contribution in [1.29, 1.82) is 0 Å². The molecule has 0 unspecified atom stereocenters. The fourth-order valence-electron chi connectivity index (χ4n) is 3.48. The van der Waals surface area contributed by atoms with Crippen LogP contribution in [0.25, 0.3) is 0 Å². The molecule has 0 aliphatic carbocycles. The van der Waals surface area contributed by atoms with Gasteiger partial charge in [0.25, 0.3) is 11.6 Å². The van der Waals surface area contributed by atoms with Gasteiger partial charge < -0.3 is 19.7 Å². The standard InChI is InChI=1S/C18H17N3O5/c1-25-16-4-2-3-11-9-20(6-5-12(11)16)14-7-13-17(8-15(14)21(23)24)26-10-18(22)19-13/h2-4,7-8H,5-6,9-10H2,1H3,(H,19,22). The summed E-state index contributed by atoms with van der Waals surface area (Å²) < 4.78 is 10.7. The van der Waals surface area contributed by atoms with Crippen molar-refractivity contribution < 1.29 is 19.2 Å². The highest BCUT2D eigenvalue weighted by Gasteiger charge is 2.29. The van der Waals surface area contributed by atoms with E-state index in [1.165, 1.54) is 6.07 Å². The van der Waals surface area contributed by atoms with Gasteiger partial charge in [0.15, 0.2) is 12.4 Å². The summed E-state index contributed by atoms with van der Waals surface area (Å²) >= 11 is 0. The first kappa shape index (κ1) is 16.2. The second-order valence-electron chi connectivity index (χ2n) is 6.20. The zero-order valence-corrected chi connectivity index (χ0v) is 14.2. The van der Waals surface area contributed by atoms with E-state index in [0.29, 0.717) is 30.2 Å². The molecule has 0 aromatic heterocycles. The Morgan fingerprint density at radius 2 is 2.19 bits per heavy atom. The molecule has 0 saturated carbocycles. The molecule has 134 valence electrons. The minimum Gasteiger partial charge on any atom is -0.496 e. The molecule has 0 atom stereocenters. The minimum atomic E-state index is -0.420. The highest BCUT2D eigenvalue weighted by molar-refractivity contribution is 5.97. The van der Waals surface area contributed by atoms with E-state index in [2.05, 4.69) is 5.32 Å². The fraction of sp³-hybridized carbons (Fsp3) is 0.278. The van der Waals surface area contributed by atoms with Crippen LogP contribution in [0, 0.1) is 10.1 Å². The maximum absolute atomic E-state index is 11.6. The van der Waals surface area contributed by atoms with E-state index in [9.17, 15) is 14.9 Å². The van der Waals surface area contributed by atoms with Crippen molar-refractivity contribution in [2.75, 3.05) is 30.5 Å². The molecule has 1 amide bonds. The molecule has 2 aromatic rings. The van der Waals surface area contributed by atoms with Crippen LogP contribution in [-0.4, -0.2) is 31.1 Å². The number of rotatable bonds is 3. The van der Waals surface area contributed by atoms with Crippen LogP contribution in [0.5, 0.6) is 11.5 Å². The summed E-state index contributed by atoms with van der Waals surface area (Å²) in [6, 6.07) is 8.83. The summed E-state index contributed by atoms with van der Waals surface area (Å²) in [6.07, 6.45) is 0.719. The van der Waals surface area contributed by atoms with E-state index in [1.807, 2.05) is 23.1 Å². The molecule has 8 nitrogen and oxygen atoms in total. The monoisotopic (exact) mass is 355 g/mol. The van der Waals surface area contributed by atoms with Gasteiger partial charge >= 0.3 is 0 Å². The maximum Gasteiger partial charge on any atom is 0.296 e. The Hall–Kier alpha value is -3.29. The molecule has 2 aliphatic heterocycles. The van der Waals surface area contributed by atoms with Crippen LogP contribution in [0.15, 0.2) is 30.3 Å². The van der Waals surface area contributed by atoms with Crippen LogP contribution >= 0.6 is 0 Å². The van der Waals surface area contributed by atoms with Crippen molar-refractivity contribution in [3.63, 3.8) is 0 Å². The van der Waals surface area contributed by atoms with Crippen LogP contribution in [0.2, 0.25) is 0 Å². The summed E-state index contributed by atoms with van der Waals surface area (Å²) in [7, 11) is 1.64. The lowest BCUT2D eigenvalue weighted by molar-refractivity contribution is -0.384. The number of nitrogens with one attached hydrogen (secondary N) is 1. The average Bonchev–Trinajstić information content (AvgIpc) is 2.65. The number of nitro benzene ring substituents is 1.